The molecule has 0 spiro atoms. The lowest BCUT2D eigenvalue weighted by atomic mass is 9.95. The van der Waals surface area contributed by atoms with Gasteiger partial charge in [0.25, 0.3) is 5.91 Å². The fourth-order valence-corrected chi connectivity index (χ4v) is 5.49. The van der Waals surface area contributed by atoms with Crippen LogP contribution >= 0.6 is 23.2 Å². The summed E-state index contributed by atoms with van der Waals surface area (Å²) in [5.41, 5.74) is 3.80. The van der Waals surface area contributed by atoms with Gasteiger partial charge in [0.05, 0.1) is 39.2 Å². The number of hydrogen-bond acceptors (Lipinski definition) is 6. The van der Waals surface area contributed by atoms with Crippen molar-refractivity contribution < 1.29 is 4.79 Å². The fourth-order valence-electron chi connectivity index (χ4n) is 5.08. The van der Waals surface area contributed by atoms with Crippen molar-refractivity contribution in [3.63, 3.8) is 0 Å². The van der Waals surface area contributed by atoms with E-state index in [1.807, 2.05) is 48.4 Å². The number of nitrogens with zero attached hydrogens (tertiary/aromatic N) is 5. The maximum atomic E-state index is 13.7. The van der Waals surface area contributed by atoms with Crippen molar-refractivity contribution in [3.05, 3.63) is 88.2 Å². The van der Waals surface area contributed by atoms with Crippen LogP contribution in [-0.2, 0) is 0 Å². The molecule has 0 bridgehead atoms. The van der Waals surface area contributed by atoms with E-state index in [2.05, 4.69) is 30.2 Å². The largest absolute Gasteiger partial charge is 0.360 e. The van der Waals surface area contributed by atoms with Crippen LogP contribution in [0.15, 0.2) is 61.2 Å². The number of halogens is 2. The predicted octanol–water partition coefficient (Wildman–Crippen LogP) is 6.75. The summed E-state index contributed by atoms with van der Waals surface area (Å²) in [6, 6.07) is 12.8. The van der Waals surface area contributed by atoms with Crippen LogP contribution in [0.25, 0.3) is 21.9 Å². The molecule has 1 amide bonds. The van der Waals surface area contributed by atoms with E-state index in [4.69, 9.17) is 23.2 Å². The van der Waals surface area contributed by atoms with E-state index in [9.17, 15) is 4.79 Å². The molecule has 0 radical (unpaired) electrons. The zero-order valence-electron chi connectivity index (χ0n) is 20.7. The molecule has 5 aromatic rings. The number of rotatable bonds is 5. The minimum atomic E-state index is -0.187. The fraction of sp³-hybridized carbons (Fsp3) is 0.250. The van der Waals surface area contributed by atoms with Crippen LogP contribution < -0.4 is 5.32 Å². The summed E-state index contributed by atoms with van der Waals surface area (Å²) in [6.07, 6.45) is 7.97. The number of carbonyl (C=O) groups excluding carboxylic acids is 1. The number of piperidine rings is 1. The number of hydrogen-bond donors (Lipinski definition) is 2. The number of anilines is 1. The second-order valence-electron chi connectivity index (χ2n) is 9.52. The molecule has 3 aromatic heterocycles. The Morgan fingerprint density at radius 2 is 2.03 bits per heavy atom. The summed E-state index contributed by atoms with van der Waals surface area (Å²) in [7, 11) is 0. The van der Waals surface area contributed by atoms with Gasteiger partial charge in [0.2, 0.25) is 0 Å². The summed E-state index contributed by atoms with van der Waals surface area (Å²) in [4.78, 5) is 36.8. The molecule has 8 nitrogen and oxygen atoms in total. The molecule has 192 valence electrons. The first-order valence-corrected chi connectivity index (χ1v) is 13.3. The number of benzene rings is 2. The molecule has 1 aliphatic heterocycles. The van der Waals surface area contributed by atoms with Crippen LogP contribution in [0.2, 0.25) is 10.0 Å². The van der Waals surface area contributed by atoms with Crippen molar-refractivity contribution in [3.8, 4) is 0 Å². The third-order valence-electron chi connectivity index (χ3n) is 7.01. The molecule has 4 heterocycles. The van der Waals surface area contributed by atoms with Crippen LogP contribution in [-0.4, -0.2) is 42.3 Å². The van der Waals surface area contributed by atoms with Gasteiger partial charge < -0.3 is 15.2 Å². The van der Waals surface area contributed by atoms with Gasteiger partial charge in [0, 0.05) is 29.3 Å². The number of aromatic nitrogens is 5. The highest BCUT2D eigenvalue weighted by molar-refractivity contribution is 6.35. The number of H-pyrrole nitrogens is 1. The van der Waals surface area contributed by atoms with Crippen LogP contribution in [0.4, 0.5) is 5.82 Å². The molecule has 0 saturated carbocycles. The topological polar surface area (TPSA) is 99.7 Å². The third-order valence-corrected chi connectivity index (χ3v) is 7.56. The zero-order valence-corrected chi connectivity index (χ0v) is 22.2. The van der Waals surface area contributed by atoms with Gasteiger partial charge in [-0.2, -0.15) is 0 Å². The lowest BCUT2D eigenvalue weighted by Crippen LogP contribution is -2.38. The summed E-state index contributed by atoms with van der Waals surface area (Å²) >= 11 is 12.8. The van der Waals surface area contributed by atoms with E-state index in [0.29, 0.717) is 33.5 Å². The Labute approximate surface area is 229 Å². The molecule has 10 heteroatoms. The second-order valence-corrected chi connectivity index (χ2v) is 10.4. The van der Waals surface area contributed by atoms with Gasteiger partial charge in [-0.15, -0.1) is 0 Å². The van der Waals surface area contributed by atoms with Crippen molar-refractivity contribution >= 4 is 56.9 Å². The minimum Gasteiger partial charge on any atom is -0.360 e. The van der Waals surface area contributed by atoms with Crippen molar-refractivity contribution in [1.82, 2.24) is 29.8 Å². The first kappa shape index (κ1) is 24.6. The summed E-state index contributed by atoms with van der Waals surface area (Å²) in [6.45, 7) is 2.66. The lowest BCUT2D eigenvalue weighted by Gasteiger charge is -2.36. The van der Waals surface area contributed by atoms with Gasteiger partial charge in [0.15, 0.2) is 0 Å². The minimum absolute atomic E-state index is 0.0288. The Kier molecular flexibility index (Phi) is 6.59. The van der Waals surface area contributed by atoms with Gasteiger partial charge in [-0.05, 0) is 68.1 Å². The van der Waals surface area contributed by atoms with E-state index in [-0.39, 0.29) is 18.0 Å². The average molecular weight is 546 g/mol. The lowest BCUT2D eigenvalue weighted by molar-refractivity contribution is 0.0611. The highest BCUT2D eigenvalue weighted by Gasteiger charge is 2.30. The van der Waals surface area contributed by atoms with Crippen molar-refractivity contribution in [2.45, 2.75) is 38.3 Å². The van der Waals surface area contributed by atoms with Gasteiger partial charge in [-0.1, -0.05) is 29.3 Å². The first-order chi connectivity index (χ1) is 18.5. The molecule has 1 saturated heterocycles. The molecule has 2 unspecified atom stereocenters. The van der Waals surface area contributed by atoms with E-state index in [1.165, 1.54) is 6.33 Å². The summed E-state index contributed by atoms with van der Waals surface area (Å²) in [5.74, 6) is 1.25. The summed E-state index contributed by atoms with van der Waals surface area (Å²) < 4.78 is 0. The molecule has 1 aliphatic rings. The van der Waals surface area contributed by atoms with Crippen LogP contribution in [0, 0.1) is 0 Å². The Morgan fingerprint density at radius 3 is 2.87 bits per heavy atom. The number of imidazole rings is 1. The molecule has 1 fully saturated rings. The van der Waals surface area contributed by atoms with Crippen LogP contribution in [0.3, 0.4) is 0 Å². The standard InChI is InChI=1S/C28H25Cl2N7O/c1-16(26-35-22-8-7-18(29)11-24(22)36-26)34-27-20-12-21(30)19(13-23(20)32-15-33-27)28(38)37-10-3-2-6-25(37)17-5-4-9-31-14-17/h4-5,7-9,11-16,25H,2-3,6,10H2,1H3,(H,35,36)(H,32,33,34). The average Bonchev–Trinajstić information content (AvgIpc) is 3.37. The Hall–Kier alpha value is -3.75. The molecule has 0 aliphatic carbocycles. The Morgan fingerprint density at radius 1 is 1.13 bits per heavy atom. The molecule has 2 N–H and O–H groups in total. The molecule has 38 heavy (non-hydrogen) atoms. The number of likely N-dealkylation sites (tertiary alicyclic amines) is 1. The van der Waals surface area contributed by atoms with Gasteiger partial charge in [-0.3, -0.25) is 9.78 Å². The van der Waals surface area contributed by atoms with Gasteiger partial charge in [-0.25, -0.2) is 15.0 Å². The summed E-state index contributed by atoms with van der Waals surface area (Å²) in [5, 5.41) is 5.13. The Bertz CT molecular complexity index is 1640. The maximum Gasteiger partial charge on any atom is 0.255 e. The van der Waals surface area contributed by atoms with Crippen molar-refractivity contribution in [1.29, 1.82) is 0 Å². The van der Waals surface area contributed by atoms with E-state index in [1.54, 1.807) is 18.3 Å². The van der Waals surface area contributed by atoms with Crippen LogP contribution in [0.1, 0.15) is 60.0 Å². The van der Waals surface area contributed by atoms with E-state index in [0.717, 1.165) is 47.1 Å². The monoisotopic (exact) mass is 545 g/mol. The number of aromatic amines is 1. The number of carbonyl (C=O) groups is 1. The van der Waals surface area contributed by atoms with Gasteiger partial charge in [0.1, 0.15) is 18.0 Å². The van der Waals surface area contributed by atoms with Crippen molar-refractivity contribution in [2.24, 2.45) is 0 Å². The zero-order chi connectivity index (χ0) is 26.2. The second kappa shape index (κ2) is 10.2. The number of fused-ring (bicyclic) bond motifs is 2. The first-order valence-electron chi connectivity index (χ1n) is 12.5. The van der Waals surface area contributed by atoms with Crippen molar-refractivity contribution in [2.75, 3.05) is 11.9 Å². The molecule has 6 rings (SSSR count). The SMILES string of the molecule is CC(Nc1ncnc2cc(C(=O)N3CCCCC3c3cccnc3)c(Cl)cc12)c1nc2cc(Cl)ccc2[nH]1. The highest BCUT2D eigenvalue weighted by atomic mass is 35.5. The van der Waals surface area contributed by atoms with E-state index < -0.39 is 0 Å². The highest BCUT2D eigenvalue weighted by Crippen LogP contribution is 2.35. The molecular formula is C28H25Cl2N7O. The number of amides is 1. The molecular weight excluding hydrogens is 521 g/mol. The smallest absolute Gasteiger partial charge is 0.255 e. The molecule has 2 atom stereocenters. The predicted molar refractivity (Wildman–Crippen MR) is 150 cm³/mol. The maximum absolute atomic E-state index is 13.7. The third kappa shape index (κ3) is 4.66. The quantitative estimate of drug-likeness (QED) is 0.253. The van der Waals surface area contributed by atoms with Gasteiger partial charge >= 0.3 is 0 Å². The number of nitrogens with one attached hydrogen (secondary N) is 2. The molecule has 2 aromatic carbocycles. The number of pyridine rings is 1. The Balaban J connectivity index is 1.30. The van der Waals surface area contributed by atoms with Crippen LogP contribution in [0.5, 0.6) is 0 Å². The normalized spacial score (nSPS) is 16.6. The van der Waals surface area contributed by atoms with E-state index >= 15 is 0 Å².